The maximum Gasteiger partial charge on any atom is 0.120 e. The zero-order valence-electron chi connectivity index (χ0n) is 11.6. The smallest absolute Gasteiger partial charge is 0.120 e. The Labute approximate surface area is 114 Å². The highest BCUT2D eigenvalue weighted by Crippen LogP contribution is 2.25. The molecule has 102 valence electrons. The number of fused-ring (bicyclic) bond motifs is 1. The molecule has 0 amide bonds. The van der Waals surface area contributed by atoms with Gasteiger partial charge < -0.3 is 14.0 Å². The van der Waals surface area contributed by atoms with Crippen LogP contribution in [0.3, 0.4) is 0 Å². The molecular formula is C16H21NO2. The Morgan fingerprint density at radius 2 is 2.21 bits per heavy atom. The Balaban J connectivity index is 1.80. The normalized spacial score (nSPS) is 23.1. The van der Waals surface area contributed by atoms with Crippen molar-refractivity contribution >= 4 is 10.9 Å². The Morgan fingerprint density at radius 3 is 2.95 bits per heavy atom. The van der Waals surface area contributed by atoms with Crippen molar-refractivity contribution in [2.75, 3.05) is 6.61 Å². The largest absolute Gasteiger partial charge is 0.494 e. The summed E-state index contributed by atoms with van der Waals surface area (Å²) in [5.41, 5.74) is 1.26. The molecular weight excluding hydrogens is 238 g/mol. The summed E-state index contributed by atoms with van der Waals surface area (Å²) < 4.78 is 13.7. The second-order valence-corrected chi connectivity index (χ2v) is 5.27. The Morgan fingerprint density at radius 1 is 1.32 bits per heavy atom. The van der Waals surface area contributed by atoms with E-state index in [1.54, 1.807) is 0 Å². The summed E-state index contributed by atoms with van der Waals surface area (Å²) in [7, 11) is 0. The lowest BCUT2D eigenvalue weighted by molar-refractivity contribution is 0.0465. The average molecular weight is 259 g/mol. The molecule has 1 aliphatic rings. The van der Waals surface area contributed by atoms with Crippen molar-refractivity contribution in [1.82, 2.24) is 4.57 Å². The maximum atomic E-state index is 5.90. The van der Waals surface area contributed by atoms with Crippen molar-refractivity contribution in [3.05, 3.63) is 30.5 Å². The molecule has 0 aliphatic carbocycles. The summed E-state index contributed by atoms with van der Waals surface area (Å²) in [6, 6.07) is 8.43. The van der Waals surface area contributed by atoms with Crippen molar-refractivity contribution in [3.63, 3.8) is 0 Å². The average Bonchev–Trinajstić information content (AvgIpc) is 2.97. The fourth-order valence-corrected chi connectivity index (χ4v) is 2.83. The topological polar surface area (TPSA) is 23.4 Å². The molecule has 2 aromatic rings. The van der Waals surface area contributed by atoms with Crippen LogP contribution in [-0.4, -0.2) is 23.4 Å². The third kappa shape index (κ3) is 2.61. The van der Waals surface area contributed by atoms with Gasteiger partial charge in [0.05, 0.1) is 18.8 Å². The number of hydrogen-bond acceptors (Lipinski definition) is 2. The molecule has 0 bridgehead atoms. The number of nitrogens with zero attached hydrogens (tertiary/aromatic N) is 1. The van der Waals surface area contributed by atoms with Crippen LogP contribution in [0.2, 0.25) is 0 Å². The van der Waals surface area contributed by atoms with Gasteiger partial charge in [0.1, 0.15) is 5.75 Å². The summed E-state index contributed by atoms with van der Waals surface area (Å²) in [5.74, 6) is 0.943. The van der Waals surface area contributed by atoms with Gasteiger partial charge in [-0.15, -0.1) is 0 Å². The molecule has 1 aliphatic heterocycles. The quantitative estimate of drug-likeness (QED) is 0.837. The fourth-order valence-electron chi connectivity index (χ4n) is 2.83. The minimum Gasteiger partial charge on any atom is -0.494 e. The molecule has 1 saturated heterocycles. The van der Waals surface area contributed by atoms with Crippen molar-refractivity contribution < 1.29 is 9.47 Å². The summed E-state index contributed by atoms with van der Waals surface area (Å²) in [6.45, 7) is 5.82. The van der Waals surface area contributed by atoms with E-state index >= 15 is 0 Å². The molecule has 2 heterocycles. The molecule has 0 N–H and O–H groups in total. The van der Waals surface area contributed by atoms with Gasteiger partial charge in [-0.3, -0.25) is 0 Å². The summed E-state index contributed by atoms with van der Waals surface area (Å²) >= 11 is 0. The zero-order chi connectivity index (χ0) is 13.2. The minimum atomic E-state index is 0.358. The number of benzene rings is 1. The van der Waals surface area contributed by atoms with Crippen LogP contribution in [0.25, 0.3) is 10.9 Å². The Kier molecular flexibility index (Phi) is 3.47. The predicted molar refractivity (Wildman–Crippen MR) is 76.7 cm³/mol. The maximum absolute atomic E-state index is 5.90. The highest BCUT2D eigenvalue weighted by atomic mass is 16.5. The van der Waals surface area contributed by atoms with Gasteiger partial charge in [0, 0.05) is 23.6 Å². The molecule has 3 heteroatoms. The molecule has 3 rings (SSSR count). The van der Waals surface area contributed by atoms with Gasteiger partial charge in [-0.1, -0.05) is 0 Å². The lowest BCUT2D eigenvalue weighted by Crippen LogP contribution is -2.15. The molecule has 2 unspecified atom stereocenters. The van der Waals surface area contributed by atoms with Gasteiger partial charge in [-0.25, -0.2) is 0 Å². The first-order valence-corrected chi connectivity index (χ1v) is 7.13. The standard InChI is InChI=1S/C16H21NO2/c1-3-18-14-6-7-16-13(10-14)8-9-17(16)11-15-5-4-12(2)19-15/h6-10,12,15H,3-5,11H2,1-2H3. The molecule has 1 aromatic carbocycles. The van der Waals surface area contributed by atoms with Gasteiger partial charge in [0.25, 0.3) is 0 Å². The first kappa shape index (κ1) is 12.5. The summed E-state index contributed by atoms with van der Waals surface area (Å²) in [4.78, 5) is 0. The highest BCUT2D eigenvalue weighted by Gasteiger charge is 2.22. The van der Waals surface area contributed by atoms with Gasteiger partial charge in [-0.2, -0.15) is 0 Å². The van der Waals surface area contributed by atoms with E-state index < -0.39 is 0 Å². The molecule has 1 aromatic heterocycles. The predicted octanol–water partition coefficient (Wildman–Crippen LogP) is 3.61. The first-order chi connectivity index (χ1) is 9.26. The van der Waals surface area contributed by atoms with E-state index in [1.807, 2.05) is 13.0 Å². The summed E-state index contributed by atoms with van der Waals surface area (Å²) in [6.07, 6.45) is 5.26. The SMILES string of the molecule is CCOc1ccc2c(ccn2CC2CCC(C)O2)c1. The minimum absolute atomic E-state index is 0.358. The molecule has 0 spiro atoms. The number of rotatable bonds is 4. The Hall–Kier alpha value is -1.48. The van der Waals surface area contributed by atoms with Gasteiger partial charge in [0.15, 0.2) is 0 Å². The van der Waals surface area contributed by atoms with Gasteiger partial charge in [-0.05, 0) is 51.0 Å². The second kappa shape index (κ2) is 5.25. The van der Waals surface area contributed by atoms with Crippen molar-refractivity contribution in [3.8, 4) is 5.75 Å². The Bertz CT molecular complexity index is 561. The van der Waals surface area contributed by atoms with Crippen LogP contribution in [0.5, 0.6) is 5.75 Å². The third-order valence-electron chi connectivity index (χ3n) is 3.77. The van der Waals surface area contributed by atoms with E-state index in [0.29, 0.717) is 18.8 Å². The van der Waals surface area contributed by atoms with E-state index in [4.69, 9.17) is 9.47 Å². The van der Waals surface area contributed by atoms with E-state index in [0.717, 1.165) is 18.7 Å². The number of ether oxygens (including phenoxy) is 2. The van der Waals surface area contributed by atoms with Crippen LogP contribution >= 0.6 is 0 Å². The summed E-state index contributed by atoms with van der Waals surface area (Å²) in [5, 5.41) is 1.23. The number of hydrogen-bond donors (Lipinski definition) is 0. The van der Waals surface area contributed by atoms with E-state index in [2.05, 4.69) is 35.9 Å². The van der Waals surface area contributed by atoms with Crippen LogP contribution in [-0.2, 0) is 11.3 Å². The first-order valence-electron chi connectivity index (χ1n) is 7.13. The van der Waals surface area contributed by atoms with Crippen LogP contribution in [0.4, 0.5) is 0 Å². The van der Waals surface area contributed by atoms with Crippen LogP contribution in [0, 0.1) is 0 Å². The van der Waals surface area contributed by atoms with Crippen molar-refractivity contribution in [1.29, 1.82) is 0 Å². The third-order valence-corrected chi connectivity index (χ3v) is 3.77. The molecule has 0 saturated carbocycles. The van der Waals surface area contributed by atoms with E-state index in [9.17, 15) is 0 Å². The lowest BCUT2D eigenvalue weighted by atomic mass is 10.2. The highest BCUT2D eigenvalue weighted by molar-refractivity contribution is 5.81. The molecule has 1 fully saturated rings. The number of aromatic nitrogens is 1. The van der Waals surface area contributed by atoms with Gasteiger partial charge >= 0.3 is 0 Å². The second-order valence-electron chi connectivity index (χ2n) is 5.27. The van der Waals surface area contributed by atoms with Crippen LogP contribution in [0.15, 0.2) is 30.5 Å². The molecule has 19 heavy (non-hydrogen) atoms. The molecule has 0 radical (unpaired) electrons. The fraction of sp³-hybridized carbons (Fsp3) is 0.500. The van der Waals surface area contributed by atoms with E-state index in [-0.39, 0.29) is 0 Å². The molecule has 3 nitrogen and oxygen atoms in total. The van der Waals surface area contributed by atoms with Crippen LogP contribution in [0.1, 0.15) is 26.7 Å². The zero-order valence-corrected chi connectivity index (χ0v) is 11.6. The monoisotopic (exact) mass is 259 g/mol. The molecule has 2 atom stereocenters. The van der Waals surface area contributed by atoms with E-state index in [1.165, 1.54) is 17.3 Å². The van der Waals surface area contributed by atoms with Crippen LogP contribution < -0.4 is 4.74 Å². The van der Waals surface area contributed by atoms with Crippen molar-refractivity contribution in [2.45, 2.75) is 45.4 Å². The lowest BCUT2D eigenvalue weighted by Gasteiger charge is -2.13. The van der Waals surface area contributed by atoms with Gasteiger partial charge in [0.2, 0.25) is 0 Å². The van der Waals surface area contributed by atoms with Crippen molar-refractivity contribution in [2.24, 2.45) is 0 Å².